The van der Waals surface area contributed by atoms with Gasteiger partial charge in [-0.3, -0.25) is 0 Å². The van der Waals surface area contributed by atoms with Crippen LogP contribution in [0.4, 0.5) is 0 Å². The number of aliphatic hydroxyl groups is 1. The highest BCUT2D eigenvalue weighted by atomic mass is 32.1. The van der Waals surface area contributed by atoms with E-state index in [-0.39, 0.29) is 6.10 Å². The molecule has 0 aromatic carbocycles. The molecule has 1 fully saturated rings. The van der Waals surface area contributed by atoms with E-state index in [1.54, 1.807) is 11.3 Å². The minimum atomic E-state index is -0.376. The molecule has 1 aromatic rings. The molecule has 0 saturated carbocycles. The lowest BCUT2D eigenvalue weighted by Gasteiger charge is -2.33. The van der Waals surface area contributed by atoms with Crippen molar-refractivity contribution in [1.29, 1.82) is 0 Å². The first kappa shape index (κ1) is 20.8. The van der Waals surface area contributed by atoms with Crippen LogP contribution in [0.15, 0.2) is 17.5 Å². The molecule has 5 heteroatoms. The van der Waals surface area contributed by atoms with E-state index in [0.29, 0.717) is 13.2 Å². The zero-order valence-electron chi connectivity index (χ0n) is 16.0. The fourth-order valence-corrected chi connectivity index (χ4v) is 4.28. The molecule has 0 unspecified atom stereocenters. The Balaban J connectivity index is 1.52. The van der Waals surface area contributed by atoms with E-state index >= 15 is 0 Å². The van der Waals surface area contributed by atoms with Crippen LogP contribution in [0.2, 0.25) is 0 Å². The van der Waals surface area contributed by atoms with Gasteiger partial charge in [0.05, 0.1) is 19.3 Å². The van der Waals surface area contributed by atoms with E-state index in [1.165, 1.54) is 50.2 Å². The molecule has 1 atom stereocenters. The second-order valence-corrected chi connectivity index (χ2v) is 8.19. The summed E-state index contributed by atoms with van der Waals surface area (Å²) < 4.78 is 5.63. The van der Waals surface area contributed by atoms with Crippen molar-refractivity contribution >= 4 is 11.3 Å². The average Bonchev–Trinajstić information content (AvgIpc) is 3.13. The third-order valence-corrected chi connectivity index (χ3v) is 6.14. The van der Waals surface area contributed by atoms with Crippen LogP contribution in [0.1, 0.15) is 44.4 Å². The van der Waals surface area contributed by atoms with Gasteiger partial charge >= 0.3 is 0 Å². The predicted molar refractivity (Wildman–Crippen MR) is 106 cm³/mol. The largest absolute Gasteiger partial charge is 0.389 e. The Labute approximate surface area is 157 Å². The Morgan fingerprint density at radius 1 is 1.32 bits per heavy atom. The zero-order valence-corrected chi connectivity index (χ0v) is 16.8. The molecule has 1 N–H and O–H groups in total. The van der Waals surface area contributed by atoms with Crippen molar-refractivity contribution in [1.82, 2.24) is 9.80 Å². The summed E-state index contributed by atoms with van der Waals surface area (Å²) in [6, 6.07) is 4.11. The molecule has 1 aromatic heterocycles. The predicted octanol–water partition coefficient (Wildman–Crippen LogP) is 3.46. The first-order valence-corrected chi connectivity index (χ1v) is 10.8. The molecule has 1 aliphatic heterocycles. The van der Waals surface area contributed by atoms with E-state index in [0.717, 1.165) is 25.6 Å². The maximum atomic E-state index is 10.2. The van der Waals surface area contributed by atoms with Gasteiger partial charge in [-0.15, -0.1) is 11.3 Å². The zero-order chi connectivity index (χ0) is 17.9. The SMILES string of the molecule is CCN(CC)CCCC1CCN(C[C@@H](O)COCc2cccs2)CC1. The van der Waals surface area contributed by atoms with E-state index in [1.807, 2.05) is 6.07 Å². The highest BCUT2D eigenvalue weighted by Gasteiger charge is 2.21. The highest BCUT2D eigenvalue weighted by Crippen LogP contribution is 2.22. The topological polar surface area (TPSA) is 35.9 Å². The van der Waals surface area contributed by atoms with Crippen molar-refractivity contribution in [2.45, 2.75) is 52.2 Å². The smallest absolute Gasteiger partial charge is 0.0900 e. The van der Waals surface area contributed by atoms with E-state index in [2.05, 4.69) is 35.1 Å². The summed E-state index contributed by atoms with van der Waals surface area (Å²) in [7, 11) is 0. The normalized spacial score (nSPS) is 18.1. The molecule has 25 heavy (non-hydrogen) atoms. The Morgan fingerprint density at radius 2 is 2.08 bits per heavy atom. The van der Waals surface area contributed by atoms with Gasteiger partial charge < -0.3 is 19.6 Å². The van der Waals surface area contributed by atoms with Crippen molar-refractivity contribution < 1.29 is 9.84 Å². The van der Waals surface area contributed by atoms with Gasteiger partial charge in [0.1, 0.15) is 0 Å². The Kier molecular flexibility index (Phi) is 10.0. The lowest BCUT2D eigenvalue weighted by molar-refractivity contribution is 0.00487. The van der Waals surface area contributed by atoms with Crippen LogP contribution in [-0.2, 0) is 11.3 Å². The summed E-state index contributed by atoms with van der Waals surface area (Å²) in [4.78, 5) is 6.14. The number of rotatable bonds is 12. The van der Waals surface area contributed by atoms with E-state index in [4.69, 9.17) is 4.74 Å². The molecule has 4 nitrogen and oxygen atoms in total. The molecule has 2 rings (SSSR count). The number of thiophene rings is 1. The van der Waals surface area contributed by atoms with E-state index in [9.17, 15) is 5.11 Å². The number of β-amino-alcohol motifs (C(OH)–C–C–N with tert-alkyl or cyclic N) is 1. The van der Waals surface area contributed by atoms with Gasteiger partial charge in [0.15, 0.2) is 0 Å². The van der Waals surface area contributed by atoms with Crippen LogP contribution in [0, 0.1) is 5.92 Å². The number of hydrogen-bond donors (Lipinski definition) is 1. The third-order valence-electron chi connectivity index (χ3n) is 5.29. The van der Waals surface area contributed by atoms with Crippen molar-refractivity contribution in [2.24, 2.45) is 5.92 Å². The summed E-state index contributed by atoms with van der Waals surface area (Å²) in [5.74, 6) is 0.874. The minimum Gasteiger partial charge on any atom is -0.389 e. The van der Waals surface area contributed by atoms with Crippen LogP contribution in [-0.4, -0.2) is 66.9 Å². The van der Waals surface area contributed by atoms with Gasteiger partial charge in [0.2, 0.25) is 0 Å². The van der Waals surface area contributed by atoms with Gasteiger partial charge in [0, 0.05) is 11.4 Å². The van der Waals surface area contributed by atoms with E-state index < -0.39 is 0 Å². The summed E-state index contributed by atoms with van der Waals surface area (Å²) in [6.45, 7) is 12.1. The van der Waals surface area contributed by atoms with Crippen LogP contribution in [0.3, 0.4) is 0 Å². The lowest BCUT2D eigenvalue weighted by atomic mass is 9.92. The second-order valence-electron chi connectivity index (χ2n) is 7.16. The fraction of sp³-hybridized carbons (Fsp3) is 0.800. The minimum absolute atomic E-state index is 0.376. The molecular weight excluding hydrogens is 332 g/mol. The van der Waals surface area contributed by atoms with Crippen LogP contribution in [0.5, 0.6) is 0 Å². The number of hydrogen-bond acceptors (Lipinski definition) is 5. The quantitative estimate of drug-likeness (QED) is 0.613. The number of aliphatic hydroxyl groups excluding tert-OH is 1. The number of likely N-dealkylation sites (tertiary alicyclic amines) is 1. The van der Waals surface area contributed by atoms with Crippen LogP contribution in [0.25, 0.3) is 0 Å². The van der Waals surface area contributed by atoms with Gasteiger partial charge in [-0.2, -0.15) is 0 Å². The van der Waals surface area contributed by atoms with Crippen LogP contribution < -0.4 is 0 Å². The molecule has 0 spiro atoms. The molecular formula is C20H36N2O2S. The Hall–Kier alpha value is -0.460. The van der Waals surface area contributed by atoms with Crippen molar-refractivity contribution in [2.75, 3.05) is 45.9 Å². The highest BCUT2D eigenvalue weighted by molar-refractivity contribution is 7.09. The Bertz CT molecular complexity index is 429. The molecule has 144 valence electrons. The maximum absolute atomic E-state index is 10.2. The summed E-state index contributed by atoms with van der Waals surface area (Å²) >= 11 is 1.70. The maximum Gasteiger partial charge on any atom is 0.0900 e. The second kappa shape index (κ2) is 12.0. The number of ether oxygens (including phenoxy) is 1. The lowest BCUT2D eigenvalue weighted by Crippen LogP contribution is -2.40. The molecule has 1 aliphatic rings. The molecule has 0 aliphatic carbocycles. The monoisotopic (exact) mass is 368 g/mol. The fourth-order valence-electron chi connectivity index (χ4n) is 3.64. The van der Waals surface area contributed by atoms with Crippen molar-refractivity contribution in [3.05, 3.63) is 22.4 Å². The standard InChI is InChI=1S/C20H36N2O2S/c1-3-21(4-2)11-5-7-18-9-12-22(13-10-18)15-19(23)16-24-17-20-8-6-14-25-20/h6,8,14,18-19,23H,3-5,7,9-13,15-17H2,1-2H3/t19-/m1/s1. The van der Waals surface area contributed by atoms with Gasteiger partial charge in [-0.05, 0) is 75.8 Å². The molecule has 0 amide bonds. The van der Waals surface area contributed by atoms with Crippen LogP contribution >= 0.6 is 11.3 Å². The first-order chi connectivity index (χ1) is 12.2. The van der Waals surface area contributed by atoms with Crippen molar-refractivity contribution in [3.8, 4) is 0 Å². The number of nitrogens with zero attached hydrogens (tertiary/aromatic N) is 2. The molecule has 1 saturated heterocycles. The van der Waals surface area contributed by atoms with Gasteiger partial charge in [-0.1, -0.05) is 19.9 Å². The summed E-state index contributed by atoms with van der Waals surface area (Å²) in [5, 5.41) is 12.2. The molecule has 0 radical (unpaired) electrons. The van der Waals surface area contributed by atoms with Crippen molar-refractivity contribution in [3.63, 3.8) is 0 Å². The Morgan fingerprint density at radius 3 is 2.72 bits per heavy atom. The first-order valence-electron chi connectivity index (χ1n) is 9.94. The third kappa shape index (κ3) is 8.18. The summed E-state index contributed by atoms with van der Waals surface area (Å²) in [6.07, 6.45) is 4.86. The molecule has 2 heterocycles. The molecule has 0 bridgehead atoms. The van der Waals surface area contributed by atoms with Gasteiger partial charge in [0.25, 0.3) is 0 Å². The average molecular weight is 369 g/mol. The summed E-state index contributed by atoms with van der Waals surface area (Å²) in [5.41, 5.74) is 0. The number of piperidine rings is 1. The van der Waals surface area contributed by atoms with Gasteiger partial charge in [-0.25, -0.2) is 0 Å².